The van der Waals surface area contributed by atoms with Crippen LogP contribution < -0.4 is 11.2 Å². The minimum absolute atomic E-state index is 0.0735. The lowest BCUT2D eigenvalue weighted by Crippen LogP contribution is -2.36. The number of nitrogens with one attached hydrogen (secondary N) is 1. The van der Waals surface area contributed by atoms with Gasteiger partial charge in [-0.15, -0.1) is 0 Å². The van der Waals surface area contributed by atoms with Gasteiger partial charge in [0.05, 0.1) is 11.6 Å². The van der Waals surface area contributed by atoms with Crippen LogP contribution in [-0.2, 0) is 9.53 Å². The number of cyclic esters (lactones) is 1. The molecule has 20 heavy (non-hydrogen) atoms. The van der Waals surface area contributed by atoms with Gasteiger partial charge in [0, 0.05) is 6.42 Å². The van der Waals surface area contributed by atoms with Crippen LogP contribution in [0, 0.1) is 5.92 Å². The molecule has 0 aromatic rings. The van der Waals surface area contributed by atoms with E-state index >= 15 is 0 Å². The van der Waals surface area contributed by atoms with Crippen molar-refractivity contribution in [3.8, 4) is 0 Å². The Morgan fingerprint density at radius 3 is 2.80 bits per heavy atom. The number of nitrogens with two attached hydrogens (primary N) is 1. The highest BCUT2D eigenvalue weighted by molar-refractivity contribution is 5.95. The number of urea groups is 1. The highest BCUT2D eigenvalue weighted by atomic mass is 16.6. The van der Waals surface area contributed by atoms with Crippen molar-refractivity contribution in [2.75, 3.05) is 0 Å². The molecule has 0 bridgehead atoms. The minimum Gasteiger partial charge on any atom is -0.453 e. The van der Waals surface area contributed by atoms with Crippen molar-refractivity contribution in [3.05, 3.63) is 0 Å². The molecule has 114 valence electrons. The number of hydrogen-bond donors (Lipinski definition) is 2. The summed E-state index contributed by atoms with van der Waals surface area (Å²) in [5.41, 5.74) is 6.95. The van der Waals surface area contributed by atoms with Crippen LogP contribution in [0.25, 0.3) is 0 Å². The summed E-state index contributed by atoms with van der Waals surface area (Å²) in [6, 6.07) is -0.728. The van der Waals surface area contributed by atoms with Crippen LogP contribution in [0.3, 0.4) is 0 Å². The molecule has 0 spiro atoms. The van der Waals surface area contributed by atoms with Crippen LogP contribution >= 0.6 is 0 Å². The summed E-state index contributed by atoms with van der Waals surface area (Å²) < 4.78 is 5.45. The Bertz CT molecular complexity index is 395. The second-order valence-electron chi connectivity index (χ2n) is 5.58. The van der Waals surface area contributed by atoms with Gasteiger partial charge in [0.1, 0.15) is 5.60 Å². The number of nitrogens with zero attached hydrogens (tertiary/aromatic N) is 1. The quantitative estimate of drug-likeness (QED) is 0.325. The normalized spacial score (nSPS) is 26.4. The Morgan fingerprint density at radius 1 is 1.50 bits per heavy atom. The lowest BCUT2D eigenvalue weighted by atomic mass is 9.89. The molecule has 6 heteroatoms. The average Bonchev–Trinajstić information content (AvgIpc) is 2.68. The van der Waals surface area contributed by atoms with E-state index in [9.17, 15) is 9.59 Å². The van der Waals surface area contributed by atoms with Gasteiger partial charge >= 0.3 is 12.0 Å². The molecule has 3 N–H and O–H groups in total. The predicted octanol–water partition coefficient (Wildman–Crippen LogP) is 2.32. The van der Waals surface area contributed by atoms with Crippen LogP contribution in [0.5, 0.6) is 0 Å². The van der Waals surface area contributed by atoms with Crippen LogP contribution in [-0.4, -0.2) is 23.3 Å². The van der Waals surface area contributed by atoms with Crippen molar-refractivity contribution in [1.82, 2.24) is 5.43 Å². The van der Waals surface area contributed by atoms with E-state index in [2.05, 4.69) is 17.5 Å². The van der Waals surface area contributed by atoms with E-state index in [1.807, 2.05) is 6.92 Å². The SMILES string of the molecule is CCCCCC[C@@H]1C[C@@](C)(/C(C)=N\NC(N)=O)OC1=O. The zero-order chi connectivity index (χ0) is 15.2. The maximum Gasteiger partial charge on any atom is 0.332 e. The highest BCUT2D eigenvalue weighted by Crippen LogP contribution is 2.35. The van der Waals surface area contributed by atoms with E-state index in [1.165, 1.54) is 12.8 Å². The molecule has 0 aromatic carbocycles. The summed E-state index contributed by atoms with van der Waals surface area (Å²) in [6.07, 6.45) is 6.02. The maximum atomic E-state index is 11.9. The molecule has 6 nitrogen and oxygen atoms in total. The predicted molar refractivity (Wildman–Crippen MR) is 77.2 cm³/mol. The van der Waals surface area contributed by atoms with Crippen LogP contribution in [0.2, 0.25) is 0 Å². The standard InChI is InChI=1S/C14H25N3O3/c1-4-5-6-7-8-11-9-14(3,20-12(11)18)10(2)16-17-13(15)19/h11H,4-9H2,1-3H3,(H3,15,17,19)/b16-10-/t11-,14+/m1/s1. The fourth-order valence-electron chi connectivity index (χ4n) is 2.42. The Hall–Kier alpha value is -1.59. The first kappa shape index (κ1) is 16.5. The second-order valence-corrected chi connectivity index (χ2v) is 5.58. The third kappa shape index (κ3) is 4.51. The number of hydrazone groups is 1. The first-order valence-corrected chi connectivity index (χ1v) is 7.22. The second kappa shape index (κ2) is 7.26. The molecule has 0 saturated carbocycles. The molecular weight excluding hydrogens is 258 g/mol. The van der Waals surface area contributed by atoms with E-state index in [-0.39, 0.29) is 11.9 Å². The molecule has 1 aliphatic heterocycles. The van der Waals surface area contributed by atoms with E-state index in [0.29, 0.717) is 12.1 Å². The fourth-order valence-corrected chi connectivity index (χ4v) is 2.42. The number of primary amides is 1. The molecular formula is C14H25N3O3. The monoisotopic (exact) mass is 283 g/mol. The van der Waals surface area contributed by atoms with Crippen molar-refractivity contribution in [1.29, 1.82) is 0 Å². The van der Waals surface area contributed by atoms with Gasteiger partial charge in [0.25, 0.3) is 0 Å². The lowest BCUT2D eigenvalue weighted by molar-refractivity contribution is -0.146. The van der Waals surface area contributed by atoms with Gasteiger partial charge in [-0.1, -0.05) is 32.6 Å². The minimum atomic E-state index is -0.741. The molecule has 1 fully saturated rings. The van der Waals surface area contributed by atoms with Crippen molar-refractivity contribution < 1.29 is 14.3 Å². The summed E-state index contributed by atoms with van der Waals surface area (Å²) in [6.45, 7) is 5.70. The number of rotatable bonds is 7. The third-order valence-corrected chi connectivity index (χ3v) is 3.80. The Morgan fingerprint density at radius 2 is 2.20 bits per heavy atom. The molecule has 2 amide bonds. The fraction of sp³-hybridized carbons (Fsp3) is 0.786. The summed E-state index contributed by atoms with van der Waals surface area (Å²) in [4.78, 5) is 22.6. The smallest absolute Gasteiger partial charge is 0.332 e. The molecule has 1 aliphatic rings. The molecule has 0 aromatic heterocycles. The van der Waals surface area contributed by atoms with Crippen LogP contribution in [0.15, 0.2) is 5.10 Å². The first-order valence-electron chi connectivity index (χ1n) is 7.22. The molecule has 1 saturated heterocycles. The summed E-state index contributed by atoms with van der Waals surface area (Å²) in [7, 11) is 0. The molecule has 0 aliphatic carbocycles. The number of hydrogen-bond acceptors (Lipinski definition) is 4. The van der Waals surface area contributed by atoms with E-state index < -0.39 is 11.6 Å². The number of carbonyl (C=O) groups excluding carboxylic acids is 2. The summed E-state index contributed by atoms with van der Waals surface area (Å²) in [5.74, 6) is -0.242. The van der Waals surface area contributed by atoms with Gasteiger partial charge in [-0.05, 0) is 20.3 Å². The number of amides is 2. The van der Waals surface area contributed by atoms with Gasteiger partial charge < -0.3 is 10.5 Å². The number of ether oxygens (including phenoxy) is 1. The third-order valence-electron chi connectivity index (χ3n) is 3.80. The Labute approximate surface area is 120 Å². The molecule has 0 radical (unpaired) electrons. The number of carbonyl (C=O) groups is 2. The maximum absolute atomic E-state index is 11.9. The zero-order valence-corrected chi connectivity index (χ0v) is 12.6. The van der Waals surface area contributed by atoms with Crippen molar-refractivity contribution in [2.45, 2.75) is 64.9 Å². The van der Waals surface area contributed by atoms with Gasteiger partial charge in [0.15, 0.2) is 0 Å². The Kier molecular flexibility index (Phi) is 5.98. The summed E-state index contributed by atoms with van der Waals surface area (Å²) in [5, 5.41) is 3.87. The van der Waals surface area contributed by atoms with Gasteiger partial charge in [-0.25, -0.2) is 10.2 Å². The Balaban J connectivity index is 2.55. The van der Waals surface area contributed by atoms with Crippen molar-refractivity contribution >= 4 is 17.7 Å². The molecule has 1 rings (SSSR count). The van der Waals surface area contributed by atoms with Crippen LogP contribution in [0.4, 0.5) is 4.79 Å². The first-order chi connectivity index (χ1) is 9.39. The van der Waals surface area contributed by atoms with Gasteiger partial charge in [-0.3, -0.25) is 4.79 Å². The lowest BCUT2D eigenvalue weighted by Gasteiger charge is -2.22. The molecule has 2 atom stereocenters. The number of esters is 1. The zero-order valence-electron chi connectivity index (χ0n) is 12.6. The topological polar surface area (TPSA) is 93.8 Å². The van der Waals surface area contributed by atoms with Crippen LogP contribution in [0.1, 0.15) is 59.3 Å². The van der Waals surface area contributed by atoms with Gasteiger partial charge in [0.2, 0.25) is 0 Å². The van der Waals surface area contributed by atoms with Crippen molar-refractivity contribution in [2.24, 2.45) is 16.8 Å². The largest absolute Gasteiger partial charge is 0.453 e. The highest BCUT2D eigenvalue weighted by Gasteiger charge is 2.45. The van der Waals surface area contributed by atoms with Gasteiger partial charge in [-0.2, -0.15) is 5.10 Å². The van der Waals surface area contributed by atoms with E-state index in [0.717, 1.165) is 19.3 Å². The van der Waals surface area contributed by atoms with Crippen molar-refractivity contribution in [3.63, 3.8) is 0 Å². The van der Waals surface area contributed by atoms with E-state index in [4.69, 9.17) is 10.5 Å². The summed E-state index contributed by atoms with van der Waals surface area (Å²) >= 11 is 0. The average molecular weight is 283 g/mol. The number of unbranched alkanes of at least 4 members (excludes halogenated alkanes) is 3. The molecule has 0 unspecified atom stereocenters. The van der Waals surface area contributed by atoms with E-state index in [1.54, 1.807) is 6.92 Å². The molecule has 1 heterocycles.